The lowest BCUT2D eigenvalue weighted by Gasteiger charge is -2.08. The van der Waals surface area contributed by atoms with Crippen molar-refractivity contribution in [2.24, 2.45) is 0 Å². The van der Waals surface area contributed by atoms with Gasteiger partial charge in [0.15, 0.2) is 0 Å². The van der Waals surface area contributed by atoms with Crippen molar-refractivity contribution in [2.45, 2.75) is 6.61 Å². The lowest BCUT2D eigenvalue weighted by atomic mass is 10.2. The van der Waals surface area contributed by atoms with Gasteiger partial charge in [0, 0.05) is 11.1 Å². The number of hydrogen-bond donors (Lipinski definition) is 0. The Balaban J connectivity index is 1.59. The summed E-state index contributed by atoms with van der Waals surface area (Å²) in [4.78, 5) is 0. The molecule has 109 valence electrons. The molecule has 0 bridgehead atoms. The molecule has 3 aromatic carbocycles. The van der Waals surface area contributed by atoms with Gasteiger partial charge in [-0.15, -0.1) is 0 Å². The molecule has 0 saturated heterocycles. The highest BCUT2D eigenvalue weighted by molar-refractivity contribution is 6.30. The van der Waals surface area contributed by atoms with Crippen molar-refractivity contribution < 1.29 is 9.47 Å². The van der Waals surface area contributed by atoms with Gasteiger partial charge in [0.1, 0.15) is 23.9 Å². The van der Waals surface area contributed by atoms with Crippen molar-refractivity contribution in [2.75, 3.05) is 0 Å². The van der Waals surface area contributed by atoms with Crippen molar-refractivity contribution in [1.29, 1.82) is 0 Å². The lowest BCUT2D eigenvalue weighted by Crippen LogP contribution is -1.94. The number of benzene rings is 3. The third kappa shape index (κ3) is 4.03. The molecular formula is C19H14ClO2. The third-order valence-corrected chi connectivity index (χ3v) is 3.30. The van der Waals surface area contributed by atoms with Gasteiger partial charge >= 0.3 is 0 Å². The molecule has 0 unspecified atom stereocenters. The van der Waals surface area contributed by atoms with Crippen LogP contribution in [0.3, 0.4) is 0 Å². The van der Waals surface area contributed by atoms with Crippen LogP contribution in [0.4, 0.5) is 0 Å². The first-order valence-electron chi connectivity index (χ1n) is 6.91. The van der Waals surface area contributed by atoms with E-state index in [9.17, 15) is 0 Å². The smallest absolute Gasteiger partial charge is 0.135 e. The fourth-order valence-electron chi connectivity index (χ4n) is 1.92. The van der Waals surface area contributed by atoms with Crippen LogP contribution in [0.15, 0.2) is 72.8 Å². The first-order chi connectivity index (χ1) is 10.8. The second kappa shape index (κ2) is 7.01. The van der Waals surface area contributed by atoms with Crippen LogP contribution in [-0.2, 0) is 6.61 Å². The zero-order valence-electron chi connectivity index (χ0n) is 11.8. The Labute approximate surface area is 134 Å². The van der Waals surface area contributed by atoms with E-state index in [1.165, 1.54) is 0 Å². The average Bonchev–Trinajstić information content (AvgIpc) is 2.57. The van der Waals surface area contributed by atoms with Gasteiger partial charge in [-0.1, -0.05) is 41.9 Å². The summed E-state index contributed by atoms with van der Waals surface area (Å²) in [6.07, 6.45) is 0. The summed E-state index contributed by atoms with van der Waals surface area (Å²) in [5.74, 6) is 2.11. The summed E-state index contributed by atoms with van der Waals surface area (Å²) in [6.45, 7) is 0.534. The maximum Gasteiger partial charge on any atom is 0.135 e. The van der Waals surface area contributed by atoms with E-state index < -0.39 is 0 Å². The Bertz CT molecular complexity index is 707. The molecule has 3 rings (SSSR count). The molecular weight excluding hydrogens is 296 g/mol. The highest BCUT2D eigenvalue weighted by Crippen LogP contribution is 2.24. The van der Waals surface area contributed by atoms with E-state index in [-0.39, 0.29) is 0 Å². The molecule has 22 heavy (non-hydrogen) atoms. The first-order valence-corrected chi connectivity index (χ1v) is 7.29. The molecule has 0 saturated carbocycles. The molecule has 0 atom stereocenters. The summed E-state index contributed by atoms with van der Waals surface area (Å²) >= 11 is 5.84. The zero-order chi connectivity index (χ0) is 15.2. The molecule has 0 heterocycles. The van der Waals surface area contributed by atoms with Gasteiger partial charge < -0.3 is 9.47 Å². The van der Waals surface area contributed by atoms with Gasteiger partial charge in [-0.25, -0.2) is 0 Å². The molecule has 1 radical (unpaired) electrons. The summed E-state index contributed by atoms with van der Waals surface area (Å²) in [5.41, 5.74) is 1.13. The van der Waals surface area contributed by atoms with Crippen molar-refractivity contribution >= 4 is 11.6 Å². The van der Waals surface area contributed by atoms with Crippen LogP contribution in [0.25, 0.3) is 0 Å². The van der Waals surface area contributed by atoms with E-state index in [0.29, 0.717) is 17.4 Å². The Morgan fingerprint density at radius 2 is 1.55 bits per heavy atom. The van der Waals surface area contributed by atoms with Crippen LogP contribution >= 0.6 is 11.6 Å². The van der Waals surface area contributed by atoms with Crippen molar-refractivity contribution in [3.63, 3.8) is 0 Å². The molecule has 3 heteroatoms. The highest BCUT2D eigenvalue weighted by atomic mass is 35.5. The first kappa shape index (κ1) is 14.5. The molecule has 0 aromatic heterocycles. The number of rotatable bonds is 5. The van der Waals surface area contributed by atoms with E-state index in [1.54, 1.807) is 18.2 Å². The normalized spacial score (nSPS) is 10.2. The minimum atomic E-state index is 0.534. The number of halogens is 1. The topological polar surface area (TPSA) is 18.5 Å². The molecule has 0 fully saturated rings. The maximum absolute atomic E-state index is 5.84. The number of hydrogen-bond acceptors (Lipinski definition) is 2. The van der Waals surface area contributed by atoms with E-state index in [1.807, 2.05) is 54.6 Å². The van der Waals surface area contributed by atoms with Crippen LogP contribution in [0.2, 0.25) is 5.02 Å². The molecule has 0 aliphatic heterocycles. The van der Waals surface area contributed by atoms with Gasteiger partial charge in [-0.05, 0) is 48.0 Å². The molecule has 2 nitrogen and oxygen atoms in total. The van der Waals surface area contributed by atoms with Gasteiger partial charge in [0.25, 0.3) is 0 Å². The van der Waals surface area contributed by atoms with Crippen molar-refractivity contribution in [3.05, 3.63) is 89.4 Å². The second-order valence-electron chi connectivity index (χ2n) is 4.72. The standard InChI is InChI=1S/C19H14ClO2/c20-16-6-8-18(9-7-16)22-19-12-10-17(11-13-19)21-14-15-4-2-1-3-5-15/h1-12H,14H2. The molecule has 0 amide bonds. The van der Waals surface area contributed by atoms with E-state index in [2.05, 4.69) is 6.07 Å². The van der Waals surface area contributed by atoms with E-state index in [0.717, 1.165) is 17.1 Å². The van der Waals surface area contributed by atoms with Crippen LogP contribution < -0.4 is 9.47 Å². The minimum Gasteiger partial charge on any atom is -0.489 e. The summed E-state index contributed by atoms with van der Waals surface area (Å²) in [6, 6.07) is 25.8. The quantitative estimate of drug-likeness (QED) is 0.618. The third-order valence-electron chi connectivity index (χ3n) is 3.05. The molecule has 0 aliphatic carbocycles. The largest absolute Gasteiger partial charge is 0.489 e. The fourth-order valence-corrected chi connectivity index (χ4v) is 2.05. The van der Waals surface area contributed by atoms with Gasteiger partial charge in [0.2, 0.25) is 0 Å². The summed E-state index contributed by atoms with van der Waals surface area (Å²) in [7, 11) is 0. The van der Waals surface area contributed by atoms with Crippen LogP contribution in [-0.4, -0.2) is 0 Å². The Morgan fingerprint density at radius 3 is 2.23 bits per heavy atom. The Morgan fingerprint density at radius 1 is 0.818 bits per heavy atom. The van der Waals surface area contributed by atoms with Crippen LogP contribution in [0.1, 0.15) is 5.56 Å². The van der Waals surface area contributed by atoms with Gasteiger partial charge in [-0.3, -0.25) is 0 Å². The molecule has 3 aromatic rings. The highest BCUT2D eigenvalue weighted by Gasteiger charge is 2.00. The number of ether oxygens (including phenoxy) is 2. The lowest BCUT2D eigenvalue weighted by molar-refractivity contribution is 0.305. The molecule has 0 spiro atoms. The fraction of sp³-hybridized carbons (Fsp3) is 0.0526. The SMILES string of the molecule is Clc1ccc(Oc2[c]cc(OCc3ccccc3)cc2)cc1. The second-order valence-corrected chi connectivity index (χ2v) is 5.16. The van der Waals surface area contributed by atoms with Gasteiger partial charge in [0.05, 0.1) is 0 Å². The van der Waals surface area contributed by atoms with Gasteiger partial charge in [-0.2, -0.15) is 0 Å². The average molecular weight is 310 g/mol. The monoisotopic (exact) mass is 309 g/mol. The van der Waals surface area contributed by atoms with E-state index >= 15 is 0 Å². The predicted molar refractivity (Wildman–Crippen MR) is 87.6 cm³/mol. The molecule has 0 N–H and O–H groups in total. The predicted octanol–water partition coefficient (Wildman–Crippen LogP) is 5.51. The van der Waals surface area contributed by atoms with Crippen molar-refractivity contribution in [1.82, 2.24) is 0 Å². The Kier molecular flexibility index (Phi) is 4.62. The Hall–Kier alpha value is -2.45. The van der Waals surface area contributed by atoms with Crippen LogP contribution in [0.5, 0.6) is 17.2 Å². The maximum atomic E-state index is 5.84. The summed E-state index contributed by atoms with van der Waals surface area (Å²) < 4.78 is 11.4. The van der Waals surface area contributed by atoms with E-state index in [4.69, 9.17) is 21.1 Å². The summed E-state index contributed by atoms with van der Waals surface area (Å²) in [5, 5.41) is 0.681. The van der Waals surface area contributed by atoms with Crippen molar-refractivity contribution in [3.8, 4) is 17.2 Å². The minimum absolute atomic E-state index is 0.534. The van der Waals surface area contributed by atoms with Crippen LogP contribution in [0, 0.1) is 6.07 Å². The zero-order valence-corrected chi connectivity index (χ0v) is 12.6. The molecule has 0 aliphatic rings.